The molecule has 0 spiro atoms. The smallest absolute Gasteiger partial charge is 0.321 e. The van der Waals surface area contributed by atoms with Gasteiger partial charge in [0.15, 0.2) is 0 Å². The standard InChI is InChI=1S/C14H20N4O3/c1-10-12(5-4-6-13(10)18(20)21)15-14(19)17(3)11-7-8-16(2)9-11/h4-6,11H,7-9H2,1-3H3,(H,15,19)/t11-/m1/s1. The molecule has 1 N–H and O–H groups in total. The molecule has 1 fully saturated rings. The van der Waals surface area contributed by atoms with Gasteiger partial charge in [-0.25, -0.2) is 4.79 Å². The summed E-state index contributed by atoms with van der Waals surface area (Å²) in [6.07, 6.45) is 0.939. The van der Waals surface area contributed by atoms with Crippen LogP contribution < -0.4 is 5.32 Å². The summed E-state index contributed by atoms with van der Waals surface area (Å²) in [7, 11) is 3.78. The molecule has 7 nitrogen and oxygen atoms in total. The minimum Gasteiger partial charge on any atom is -0.323 e. The van der Waals surface area contributed by atoms with Gasteiger partial charge in [-0.05, 0) is 33.0 Å². The van der Waals surface area contributed by atoms with Gasteiger partial charge in [0, 0.05) is 25.7 Å². The van der Waals surface area contributed by atoms with Gasteiger partial charge in [0.25, 0.3) is 5.69 Å². The molecule has 114 valence electrons. The lowest BCUT2D eigenvalue weighted by Crippen LogP contribution is -2.41. The van der Waals surface area contributed by atoms with E-state index < -0.39 is 4.92 Å². The van der Waals surface area contributed by atoms with Gasteiger partial charge >= 0.3 is 6.03 Å². The molecule has 1 aromatic carbocycles. The Morgan fingerprint density at radius 2 is 2.24 bits per heavy atom. The van der Waals surface area contributed by atoms with Gasteiger partial charge in [0.1, 0.15) is 0 Å². The third-order valence-electron chi connectivity index (χ3n) is 3.98. The Bertz CT molecular complexity index is 561. The van der Waals surface area contributed by atoms with E-state index in [0.717, 1.165) is 19.5 Å². The Labute approximate surface area is 123 Å². The molecule has 2 amide bonds. The van der Waals surface area contributed by atoms with Crippen molar-refractivity contribution < 1.29 is 9.72 Å². The molecule has 1 aliphatic rings. The van der Waals surface area contributed by atoms with Crippen molar-refractivity contribution in [2.45, 2.75) is 19.4 Å². The SMILES string of the molecule is Cc1c(NC(=O)N(C)[C@@H]2CCN(C)C2)cccc1[N+](=O)[O-]. The Balaban J connectivity index is 2.09. The van der Waals surface area contributed by atoms with Crippen molar-refractivity contribution in [2.75, 3.05) is 32.5 Å². The summed E-state index contributed by atoms with van der Waals surface area (Å²) in [4.78, 5) is 26.6. The van der Waals surface area contributed by atoms with Gasteiger partial charge < -0.3 is 15.1 Å². The summed E-state index contributed by atoms with van der Waals surface area (Å²) in [5.41, 5.74) is 0.955. The zero-order valence-corrected chi connectivity index (χ0v) is 12.5. The molecular weight excluding hydrogens is 272 g/mol. The van der Waals surface area contributed by atoms with Crippen molar-refractivity contribution in [3.8, 4) is 0 Å². The zero-order chi connectivity index (χ0) is 15.6. The van der Waals surface area contributed by atoms with Crippen LogP contribution in [0.5, 0.6) is 0 Å². The number of likely N-dealkylation sites (tertiary alicyclic amines) is 1. The summed E-state index contributed by atoms with van der Waals surface area (Å²) in [6.45, 7) is 3.45. The number of amides is 2. The number of hydrogen-bond donors (Lipinski definition) is 1. The molecule has 7 heteroatoms. The first kappa shape index (κ1) is 15.2. The summed E-state index contributed by atoms with van der Waals surface area (Å²) in [6, 6.07) is 4.62. The first-order valence-electron chi connectivity index (χ1n) is 6.86. The number of rotatable bonds is 3. The van der Waals surface area contributed by atoms with Crippen LogP contribution in [0.4, 0.5) is 16.2 Å². The number of benzene rings is 1. The van der Waals surface area contributed by atoms with Gasteiger partial charge in [-0.2, -0.15) is 0 Å². The first-order valence-corrected chi connectivity index (χ1v) is 6.86. The van der Waals surface area contributed by atoms with E-state index in [2.05, 4.69) is 10.2 Å². The van der Waals surface area contributed by atoms with E-state index in [1.165, 1.54) is 6.07 Å². The van der Waals surface area contributed by atoms with E-state index >= 15 is 0 Å². The Morgan fingerprint density at radius 1 is 1.52 bits per heavy atom. The highest BCUT2D eigenvalue weighted by Crippen LogP contribution is 2.25. The van der Waals surface area contributed by atoms with E-state index in [4.69, 9.17) is 0 Å². The molecule has 2 rings (SSSR count). The average molecular weight is 292 g/mol. The Morgan fingerprint density at radius 3 is 2.81 bits per heavy atom. The zero-order valence-electron chi connectivity index (χ0n) is 12.5. The second kappa shape index (κ2) is 6.09. The van der Waals surface area contributed by atoms with Crippen molar-refractivity contribution in [3.63, 3.8) is 0 Å². The monoisotopic (exact) mass is 292 g/mol. The van der Waals surface area contributed by atoms with Gasteiger partial charge in [-0.15, -0.1) is 0 Å². The number of nitrogens with zero attached hydrogens (tertiary/aromatic N) is 3. The molecule has 0 aliphatic carbocycles. The number of carbonyl (C=O) groups excluding carboxylic acids is 1. The van der Waals surface area contributed by atoms with Gasteiger partial charge in [-0.3, -0.25) is 10.1 Å². The molecule has 0 aromatic heterocycles. The Hall–Kier alpha value is -2.15. The van der Waals surface area contributed by atoms with Crippen LogP contribution in [0.25, 0.3) is 0 Å². The van der Waals surface area contributed by atoms with Crippen LogP contribution in [0.15, 0.2) is 18.2 Å². The summed E-state index contributed by atoms with van der Waals surface area (Å²) in [5.74, 6) is 0. The van der Waals surface area contributed by atoms with E-state index in [1.54, 1.807) is 31.0 Å². The number of likely N-dealkylation sites (N-methyl/N-ethyl adjacent to an activating group) is 2. The fourth-order valence-corrected chi connectivity index (χ4v) is 2.55. The van der Waals surface area contributed by atoms with Crippen LogP contribution in [0, 0.1) is 17.0 Å². The highest BCUT2D eigenvalue weighted by atomic mass is 16.6. The van der Waals surface area contributed by atoms with Crippen LogP contribution in [0.2, 0.25) is 0 Å². The number of hydrogen-bond acceptors (Lipinski definition) is 4. The quantitative estimate of drug-likeness (QED) is 0.683. The third-order valence-corrected chi connectivity index (χ3v) is 3.98. The number of urea groups is 1. The first-order chi connectivity index (χ1) is 9.90. The average Bonchev–Trinajstić information content (AvgIpc) is 2.86. The number of anilines is 1. The predicted molar refractivity (Wildman–Crippen MR) is 80.5 cm³/mol. The number of carbonyl (C=O) groups is 1. The predicted octanol–water partition coefficient (Wildman–Crippen LogP) is 2.07. The molecule has 1 aromatic rings. The molecule has 1 atom stereocenters. The lowest BCUT2D eigenvalue weighted by atomic mass is 10.1. The normalized spacial score (nSPS) is 18.5. The highest BCUT2D eigenvalue weighted by molar-refractivity contribution is 5.90. The molecule has 0 bridgehead atoms. The minimum absolute atomic E-state index is 0.0102. The van der Waals surface area contributed by atoms with Crippen molar-refractivity contribution in [1.29, 1.82) is 0 Å². The van der Waals surface area contributed by atoms with Crippen LogP contribution in [-0.4, -0.2) is 54.0 Å². The lowest BCUT2D eigenvalue weighted by Gasteiger charge is -2.25. The van der Waals surface area contributed by atoms with Gasteiger partial charge in [0.05, 0.1) is 16.2 Å². The molecular formula is C14H20N4O3. The molecule has 1 heterocycles. The van der Waals surface area contributed by atoms with E-state index in [0.29, 0.717) is 11.3 Å². The summed E-state index contributed by atoms with van der Waals surface area (Å²) < 4.78 is 0. The molecule has 0 radical (unpaired) electrons. The van der Waals surface area contributed by atoms with Gasteiger partial charge in [-0.1, -0.05) is 6.07 Å². The Kier molecular flexibility index (Phi) is 4.42. The maximum Gasteiger partial charge on any atom is 0.321 e. The van der Waals surface area contributed by atoms with E-state index in [9.17, 15) is 14.9 Å². The number of nitro benzene ring substituents is 1. The van der Waals surface area contributed by atoms with Crippen molar-refractivity contribution in [1.82, 2.24) is 9.80 Å². The van der Waals surface area contributed by atoms with Crippen molar-refractivity contribution in [2.24, 2.45) is 0 Å². The molecule has 0 saturated carbocycles. The van der Waals surface area contributed by atoms with Crippen LogP contribution >= 0.6 is 0 Å². The second-order valence-corrected chi connectivity index (χ2v) is 5.45. The lowest BCUT2D eigenvalue weighted by molar-refractivity contribution is -0.385. The van der Waals surface area contributed by atoms with Crippen LogP contribution in [0.3, 0.4) is 0 Å². The van der Waals surface area contributed by atoms with Crippen LogP contribution in [0.1, 0.15) is 12.0 Å². The fraction of sp³-hybridized carbons (Fsp3) is 0.500. The topological polar surface area (TPSA) is 78.7 Å². The third kappa shape index (κ3) is 3.30. The number of nitrogens with one attached hydrogen (secondary N) is 1. The molecule has 1 aliphatic heterocycles. The summed E-state index contributed by atoms with van der Waals surface area (Å²) in [5, 5.41) is 13.7. The highest BCUT2D eigenvalue weighted by Gasteiger charge is 2.27. The molecule has 21 heavy (non-hydrogen) atoms. The number of nitro groups is 1. The maximum atomic E-state index is 12.3. The summed E-state index contributed by atoms with van der Waals surface area (Å²) >= 11 is 0. The second-order valence-electron chi connectivity index (χ2n) is 5.45. The van der Waals surface area contributed by atoms with Crippen molar-refractivity contribution in [3.05, 3.63) is 33.9 Å². The maximum absolute atomic E-state index is 12.3. The van der Waals surface area contributed by atoms with E-state index in [-0.39, 0.29) is 17.8 Å². The van der Waals surface area contributed by atoms with E-state index in [1.807, 2.05) is 7.05 Å². The van der Waals surface area contributed by atoms with Crippen molar-refractivity contribution >= 4 is 17.4 Å². The largest absolute Gasteiger partial charge is 0.323 e. The molecule has 0 unspecified atom stereocenters. The van der Waals surface area contributed by atoms with Crippen LogP contribution in [-0.2, 0) is 0 Å². The molecule has 1 saturated heterocycles. The minimum atomic E-state index is -0.444. The van der Waals surface area contributed by atoms with Gasteiger partial charge in [0.2, 0.25) is 0 Å². The fourth-order valence-electron chi connectivity index (χ4n) is 2.55.